The smallest absolute Gasteiger partial charge is 0.256 e. The largest absolute Gasteiger partial charge is 0.382 e. The summed E-state index contributed by atoms with van der Waals surface area (Å²) < 4.78 is 13.9. The highest BCUT2D eigenvalue weighted by Gasteiger charge is 2.26. The van der Waals surface area contributed by atoms with Crippen LogP contribution >= 0.6 is 0 Å². The molecule has 1 aromatic rings. The predicted octanol–water partition coefficient (Wildman–Crippen LogP) is 2.42. The van der Waals surface area contributed by atoms with Crippen LogP contribution in [0.4, 0.5) is 10.1 Å². The molecule has 1 aliphatic rings. The Labute approximate surface area is 125 Å². The molecule has 116 valence electrons. The van der Waals surface area contributed by atoms with Crippen LogP contribution in [0.5, 0.6) is 0 Å². The summed E-state index contributed by atoms with van der Waals surface area (Å²) in [5.41, 5.74) is 0.725. The Balaban J connectivity index is 2.17. The molecule has 0 atom stereocenters. The number of likely N-dealkylation sites (tertiary alicyclic amines) is 1. The van der Waals surface area contributed by atoms with Crippen molar-refractivity contribution in [2.24, 2.45) is 0 Å². The van der Waals surface area contributed by atoms with Gasteiger partial charge in [0.15, 0.2) is 0 Å². The van der Waals surface area contributed by atoms with Gasteiger partial charge in [0.05, 0.1) is 11.3 Å². The number of benzene rings is 1. The third-order valence-electron chi connectivity index (χ3n) is 4.15. The number of nitrogens with one attached hydrogen (secondary N) is 1. The Morgan fingerprint density at radius 3 is 2.71 bits per heavy atom. The third-order valence-corrected chi connectivity index (χ3v) is 4.15. The summed E-state index contributed by atoms with van der Waals surface area (Å²) in [5, 5.41) is 2.96. The molecule has 1 N–H and O–H groups in total. The maximum Gasteiger partial charge on any atom is 0.256 e. The lowest BCUT2D eigenvalue weighted by Crippen LogP contribution is -2.44. The van der Waals surface area contributed by atoms with E-state index in [1.807, 2.05) is 14.0 Å². The minimum absolute atomic E-state index is 0.111. The number of amides is 1. The van der Waals surface area contributed by atoms with Gasteiger partial charge >= 0.3 is 0 Å². The zero-order valence-corrected chi connectivity index (χ0v) is 13.0. The quantitative estimate of drug-likeness (QED) is 0.926. The van der Waals surface area contributed by atoms with Gasteiger partial charge in [-0.25, -0.2) is 4.39 Å². The van der Waals surface area contributed by atoms with Crippen molar-refractivity contribution in [1.82, 2.24) is 9.80 Å². The standard InChI is InChI=1S/C16H24FN3O/c1-4-18-15-13(6-5-7-14(15)17)16(21)20(3)12-8-10-19(2)11-9-12/h5-7,12,18H,4,8-11H2,1-3H3. The van der Waals surface area contributed by atoms with Crippen LogP contribution in [-0.2, 0) is 0 Å². The zero-order chi connectivity index (χ0) is 15.4. The molecule has 0 aromatic heterocycles. The average molecular weight is 293 g/mol. The highest BCUT2D eigenvalue weighted by molar-refractivity contribution is 5.99. The number of para-hydroxylation sites is 1. The summed E-state index contributed by atoms with van der Waals surface area (Å²) in [6.07, 6.45) is 1.93. The summed E-state index contributed by atoms with van der Waals surface area (Å²) in [4.78, 5) is 16.7. The lowest BCUT2D eigenvalue weighted by atomic mass is 10.0. The number of piperidine rings is 1. The van der Waals surface area contributed by atoms with E-state index < -0.39 is 0 Å². The van der Waals surface area contributed by atoms with E-state index in [1.54, 1.807) is 17.0 Å². The van der Waals surface area contributed by atoms with Crippen molar-refractivity contribution < 1.29 is 9.18 Å². The van der Waals surface area contributed by atoms with Gasteiger partial charge in [0, 0.05) is 19.6 Å². The highest BCUT2D eigenvalue weighted by atomic mass is 19.1. The van der Waals surface area contributed by atoms with E-state index in [2.05, 4.69) is 17.3 Å². The molecule has 1 fully saturated rings. The molecule has 2 rings (SSSR count). The van der Waals surface area contributed by atoms with E-state index in [9.17, 15) is 9.18 Å². The molecule has 5 heteroatoms. The van der Waals surface area contributed by atoms with Crippen LogP contribution in [-0.4, -0.2) is 55.5 Å². The van der Waals surface area contributed by atoms with E-state index >= 15 is 0 Å². The van der Waals surface area contributed by atoms with Crippen LogP contribution in [0.2, 0.25) is 0 Å². The summed E-state index contributed by atoms with van der Waals surface area (Å²) in [7, 11) is 3.91. The molecule has 1 aromatic carbocycles. The minimum Gasteiger partial charge on any atom is -0.382 e. The van der Waals surface area contributed by atoms with Crippen LogP contribution in [0.1, 0.15) is 30.1 Å². The first-order chi connectivity index (χ1) is 10.0. The van der Waals surface area contributed by atoms with E-state index in [1.165, 1.54) is 6.07 Å². The topological polar surface area (TPSA) is 35.6 Å². The van der Waals surface area contributed by atoms with Crippen molar-refractivity contribution in [3.8, 4) is 0 Å². The van der Waals surface area contributed by atoms with Crippen molar-refractivity contribution in [2.45, 2.75) is 25.8 Å². The molecule has 0 radical (unpaired) electrons. The monoisotopic (exact) mass is 293 g/mol. The molecule has 1 aliphatic heterocycles. The van der Waals surface area contributed by atoms with Gasteiger partial charge in [-0.05, 0) is 52.0 Å². The number of carbonyl (C=O) groups excluding carboxylic acids is 1. The SMILES string of the molecule is CCNc1c(F)cccc1C(=O)N(C)C1CCN(C)CC1. The maximum atomic E-state index is 13.9. The number of nitrogens with zero attached hydrogens (tertiary/aromatic N) is 2. The van der Waals surface area contributed by atoms with E-state index in [0.29, 0.717) is 17.8 Å². The second kappa shape index (κ2) is 6.89. The molecule has 1 heterocycles. The Kier molecular flexibility index (Phi) is 5.17. The minimum atomic E-state index is -0.375. The molecule has 21 heavy (non-hydrogen) atoms. The molecule has 0 aliphatic carbocycles. The second-order valence-corrected chi connectivity index (χ2v) is 5.64. The lowest BCUT2D eigenvalue weighted by Gasteiger charge is -2.35. The first kappa shape index (κ1) is 15.8. The van der Waals surface area contributed by atoms with E-state index in [-0.39, 0.29) is 17.8 Å². The Hall–Kier alpha value is -1.62. The van der Waals surface area contributed by atoms with Gasteiger partial charge in [0.1, 0.15) is 5.82 Å². The van der Waals surface area contributed by atoms with Crippen molar-refractivity contribution in [2.75, 3.05) is 39.0 Å². The normalized spacial score (nSPS) is 16.8. The third kappa shape index (κ3) is 3.53. The Bertz CT molecular complexity index is 498. The van der Waals surface area contributed by atoms with Gasteiger partial charge in [-0.1, -0.05) is 6.07 Å². The van der Waals surface area contributed by atoms with Crippen molar-refractivity contribution in [3.63, 3.8) is 0 Å². The van der Waals surface area contributed by atoms with Crippen molar-refractivity contribution in [3.05, 3.63) is 29.6 Å². The first-order valence-corrected chi connectivity index (χ1v) is 7.52. The van der Waals surface area contributed by atoms with Crippen LogP contribution in [0, 0.1) is 5.82 Å². The Morgan fingerprint density at radius 2 is 2.10 bits per heavy atom. The van der Waals surface area contributed by atoms with Gasteiger partial charge in [0.25, 0.3) is 5.91 Å². The molecule has 0 spiro atoms. The number of carbonyl (C=O) groups is 1. The van der Waals surface area contributed by atoms with Crippen molar-refractivity contribution in [1.29, 1.82) is 0 Å². The average Bonchev–Trinajstić information content (AvgIpc) is 2.49. The Morgan fingerprint density at radius 1 is 1.43 bits per heavy atom. The molecule has 0 saturated carbocycles. The van der Waals surface area contributed by atoms with Crippen LogP contribution in [0.25, 0.3) is 0 Å². The summed E-state index contributed by atoms with van der Waals surface area (Å²) in [6.45, 7) is 4.46. The zero-order valence-electron chi connectivity index (χ0n) is 13.0. The van der Waals surface area contributed by atoms with Gasteiger partial charge < -0.3 is 15.1 Å². The van der Waals surface area contributed by atoms with Crippen LogP contribution in [0.3, 0.4) is 0 Å². The molecule has 0 unspecified atom stereocenters. The van der Waals surface area contributed by atoms with E-state index in [4.69, 9.17) is 0 Å². The number of hydrogen-bond donors (Lipinski definition) is 1. The summed E-state index contributed by atoms with van der Waals surface area (Å²) in [5.74, 6) is -0.487. The fourth-order valence-corrected chi connectivity index (χ4v) is 2.80. The second-order valence-electron chi connectivity index (χ2n) is 5.64. The number of anilines is 1. The summed E-state index contributed by atoms with van der Waals surface area (Å²) >= 11 is 0. The molecule has 1 amide bonds. The van der Waals surface area contributed by atoms with Gasteiger partial charge in [-0.2, -0.15) is 0 Å². The fraction of sp³-hybridized carbons (Fsp3) is 0.562. The molecular formula is C16H24FN3O. The lowest BCUT2D eigenvalue weighted by molar-refractivity contribution is 0.0660. The number of hydrogen-bond acceptors (Lipinski definition) is 3. The van der Waals surface area contributed by atoms with Gasteiger partial charge in [-0.3, -0.25) is 4.79 Å². The van der Waals surface area contributed by atoms with Crippen molar-refractivity contribution >= 4 is 11.6 Å². The van der Waals surface area contributed by atoms with Crippen LogP contribution in [0.15, 0.2) is 18.2 Å². The molecule has 4 nitrogen and oxygen atoms in total. The molecular weight excluding hydrogens is 269 g/mol. The highest BCUT2D eigenvalue weighted by Crippen LogP contribution is 2.23. The number of rotatable bonds is 4. The number of halogens is 1. The summed E-state index contributed by atoms with van der Waals surface area (Å²) in [6, 6.07) is 4.89. The fourth-order valence-electron chi connectivity index (χ4n) is 2.80. The van der Waals surface area contributed by atoms with E-state index in [0.717, 1.165) is 25.9 Å². The first-order valence-electron chi connectivity index (χ1n) is 7.52. The predicted molar refractivity (Wildman–Crippen MR) is 83.2 cm³/mol. The van der Waals surface area contributed by atoms with Crippen LogP contribution < -0.4 is 5.32 Å². The molecule has 0 bridgehead atoms. The van der Waals surface area contributed by atoms with Gasteiger partial charge in [0.2, 0.25) is 0 Å². The molecule has 1 saturated heterocycles. The van der Waals surface area contributed by atoms with Gasteiger partial charge in [-0.15, -0.1) is 0 Å². The maximum absolute atomic E-state index is 13.9.